The van der Waals surface area contributed by atoms with Crippen LogP contribution in [0.25, 0.3) is 11.3 Å². The molecule has 1 heterocycles. The quantitative estimate of drug-likeness (QED) is 0.655. The second kappa shape index (κ2) is 9.87. The molecular formula is C20H27N3O2S. The predicted octanol–water partition coefficient (Wildman–Crippen LogP) is 4.57. The molecule has 0 spiro atoms. The number of allylic oxidation sites excluding steroid dienone is 1. The second-order valence-corrected chi connectivity index (χ2v) is 6.41. The fourth-order valence-electron chi connectivity index (χ4n) is 2.50. The number of nitrogens with one attached hydrogen (secondary N) is 1. The first kappa shape index (κ1) is 19.8. The van der Waals surface area contributed by atoms with Gasteiger partial charge in [0, 0.05) is 23.2 Å². The second-order valence-electron chi connectivity index (χ2n) is 5.57. The van der Waals surface area contributed by atoms with Crippen molar-refractivity contribution in [1.82, 2.24) is 4.68 Å². The van der Waals surface area contributed by atoms with Crippen LogP contribution in [-0.2, 0) is 0 Å². The third kappa shape index (κ3) is 4.58. The first-order chi connectivity index (χ1) is 12.7. The molecule has 26 heavy (non-hydrogen) atoms. The maximum absolute atomic E-state index is 5.58. The molecule has 0 aliphatic carbocycles. The highest BCUT2D eigenvalue weighted by atomic mass is 32.1. The lowest BCUT2D eigenvalue weighted by Gasteiger charge is -2.14. The summed E-state index contributed by atoms with van der Waals surface area (Å²) >= 11 is 1.58. The van der Waals surface area contributed by atoms with Crippen molar-refractivity contribution in [1.29, 1.82) is 0 Å². The first-order valence-corrected chi connectivity index (χ1v) is 9.55. The van der Waals surface area contributed by atoms with Crippen molar-refractivity contribution in [2.24, 2.45) is 4.99 Å². The van der Waals surface area contributed by atoms with Crippen LogP contribution in [0.4, 0.5) is 0 Å². The van der Waals surface area contributed by atoms with E-state index in [4.69, 9.17) is 9.47 Å². The van der Waals surface area contributed by atoms with Crippen LogP contribution < -0.4 is 19.7 Å². The van der Waals surface area contributed by atoms with E-state index >= 15 is 0 Å². The molecule has 1 aromatic carbocycles. The van der Waals surface area contributed by atoms with Crippen molar-refractivity contribution < 1.29 is 9.47 Å². The van der Waals surface area contributed by atoms with Crippen molar-refractivity contribution in [3.8, 4) is 22.8 Å². The number of hydrogen-bond donors (Lipinski definition) is 1. The molecule has 0 radical (unpaired) electrons. The van der Waals surface area contributed by atoms with Crippen molar-refractivity contribution in [3.05, 3.63) is 52.8 Å². The van der Waals surface area contributed by atoms with Crippen LogP contribution in [0.15, 0.2) is 53.0 Å². The predicted molar refractivity (Wildman–Crippen MR) is 110 cm³/mol. The largest absolute Gasteiger partial charge is 0.497 e. The minimum Gasteiger partial charge on any atom is -0.497 e. The van der Waals surface area contributed by atoms with Crippen molar-refractivity contribution in [2.45, 2.75) is 26.7 Å². The van der Waals surface area contributed by atoms with E-state index in [1.807, 2.05) is 22.9 Å². The zero-order valence-electron chi connectivity index (χ0n) is 15.9. The Morgan fingerprint density at radius 3 is 2.65 bits per heavy atom. The zero-order chi connectivity index (χ0) is 18.9. The summed E-state index contributed by atoms with van der Waals surface area (Å²) in [7, 11) is 3.31. The highest BCUT2D eigenvalue weighted by Gasteiger charge is 2.13. The maximum atomic E-state index is 5.58. The number of thiazole rings is 1. The van der Waals surface area contributed by atoms with E-state index < -0.39 is 0 Å². The van der Waals surface area contributed by atoms with Crippen LogP contribution in [0.1, 0.15) is 26.7 Å². The Morgan fingerprint density at radius 2 is 2.04 bits per heavy atom. The van der Waals surface area contributed by atoms with Gasteiger partial charge >= 0.3 is 0 Å². The van der Waals surface area contributed by atoms with Gasteiger partial charge in [-0.2, -0.15) is 0 Å². The van der Waals surface area contributed by atoms with E-state index in [2.05, 4.69) is 42.4 Å². The minimum atomic E-state index is 0.569. The molecule has 0 unspecified atom stereocenters. The molecule has 6 heteroatoms. The third-order valence-corrected chi connectivity index (χ3v) is 4.92. The molecule has 2 rings (SSSR count). The van der Waals surface area contributed by atoms with Crippen LogP contribution >= 0.6 is 11.3 Å². The molecular weight excluding hydrogens is 346 g/mol. The lowest BCUT2D eigenvalue weighted by molar-refractivity contribution is 0.395. The fraction of sp³-hybridized carbons (Fsp3) is 0.350. The van der Waals surface area contributed by atoms with Gasteiger partial charge in [-0.3, -0.25) is 10.4 Å². The Balaban J connectivity index is 2.57. The van der Waals surface area contributed by atoms with Crippen LogP contribution in [0, 0.1) is 0 Å². The number of ether oxygens (including phenoxy) is 2. The van der Waals surface area contributed by atoms with Gasteiger partial charge in [0.15, 0.2) is 0 Å². The Bertz CT molecular complexity index is 828. The van der Waals surface area contributed by atoms with E-state index in [9.17, 15) is 0 Å². The van der Waals surface area contributed by atoms with Crippen molar-refractivity contribution in [3.63, 3.8) is 0 Å². The molecule has 0 fully saturated rings. The molecule has 0 bridgehead atoms. The molecule has 0 saturated carbocycles. The average molecular weight is 374 g/mol. The molecule has 0 saturated heterocycles. The molecule has 0 aliphatic heterocycles. The maximum Gasteiger partial charge on any atom is 0.204 e. The smallest absolute Gasteiger partial charge is 0.204 e. The molecule has 0 atom stereocenters. The van der Waals surface area contributed by atoms with Crippen LogP contribution in [-0.4, -0.2) is 25.4 Å². The summed E-state index contributed by atoms with van der Waals surface area (Å²) in [5, 5.41) is 2.07. The van der Waals surface area contributed by atoms with Gasteiger partial charge in [-0.15, -0.1) is 17.9 Å². The molecule has 1 aromatic heterocycles. The number of hydrogen-bond acceptors (Lipinski definition) is 5. The molecule has 0 aliphatic rings. The lowest BCUT2D eigenvalue weighted by Crippen LogP contribution is -2.23. The Labute approximate surface area is 159 Å². The monoisotopic (exact) mass is 373 g/mol. The highest BCUT2D eigenvalue weighted by Crippen LogP contribution is 2.33. The van der Waals surface area contributed by atoms with Crippen LogP contribution in [0.5, 0.6) is 11.5 Å². The lowest BCUT2D eigenvalue weighted by atomic mass is 10.1. The number of nitrogens with zero attached hydrogens (tertiary/aromatic N) is 2. The summed E-state index contributed by atoms with van der Waals surface area (Å²) < 4.78 is 12.9. The summed E-state index contributed by atoms with van der Waals surface area (Å²) in [4.78, 5) is 5.47. The number of benzene rings is 1. The van der Waals surface area contributed by atoms with Gasteiger partial charge in [0.2, 0.25) is 4.80 Å². The first-order valence-electron chi connectivity index (χ1n) is 8.67. The van der Waals surface area contributed by atoms with Gasteiger partial charge in [0.25, 0.3) is 0 Å². The van der Waals surface area contributed by atoms with Gasteiger partial charge in [-0.25, -0.2) is 4.68 Å². The van der Waals surface area contributed by atoms with Crippen molar-refractivity contribution in [2.75, 3.05) is 26.2 Å². The van der Waals surface area contributed by atoms with Gasteiger partial charge in [0.05, 0.1) is 26.5 Å². The van der Waals surface area contributed by atoms with E-state index in [1.165, 1.54) is 5.57 Å². The third-order valence-electron chi connectivity index (χ3n) is 4.05. The topological polar surface area (TPSA) is 47.8 Å². The summed E-state index contributed by atoms with van der Waals surface area (Å²) in [5.74, 6) is 1.51. The molecule has 0 amide bonds. The van der Waals surface area contributed by atoms with E-state index in [1.54, 1.807) is 31.6 Å². The van der Waals surface area contributed by atoms with Crippen molar-refractivity contribution >= 4 is 11.3 Å². The Kier molecular flexibility index (Phi) is 7.53. The van der Waals surface area contributed by atoms with Gasteiger partial charge in [0.1, 0.15) is 11.5 Å². The normalized spacial score (nSPS) is 11.2. The number of aromatic nitrogens is 1. The average Bonchev–Trinajstić information content (AvgIpc) is 3.09. The van der Waals surface area contributed by atoms with Gasteiger partial charge in [-0.05, 0) is 25.0 Å². The number of methoxy groups -OCH3 is 2. The van der Waals surface area contributed by atoms with Gasteiger partial charge in [-0.1, -0.05) is 25.5 Å². The standard InChI is InChI=1S/C20H27N3O2S/c1-6-11-21-20-23(22-13-15(7-2)8-3)18(14-26-20)17-10-9-16(24-4)12-19(17)25-5/h6,9-10,12-14,22H,1,7-8,11H2,2-5H3. The van der Waals surface area contributed by atoms with Crippen LogP contribution in [0.2, 0.25) is 0 Å². The van der Waals surface area contributed by atoms with E-state index in [0.29, 0.717) is 6.54 Å². The minimum absolute atomic E-state index is 0.569. The van der Waals surface area contributed by atoms with E-state index in [-0.39, 0.29) is 0 Å². The summed E-state index contributed by atoms with van der Waals surface area (Å²) in [5.41, 5.74) is 6.70. The Morgan fingerprint density at radius 1 is 1.27 bits per heavy atom. The van der Waals surface area contributed by atoms with Crippen LogP contribution in [0.3, 0.4) is 0 Å². The highest BCUT2D eigenvalue weighted by molar-refractivity contribution is 7.07. The van der Waals surface area contributed by atoms with E-state index in [0.717, 1.165) is 40.4 Å². The molecule has 2 aromatic rings. The van der Waals surface area contributed by atoms with Gasteiger partial charge < -0.3 is 9.47 Å². The Hall–Kier alpha value is -2.47. The SMILES string of the molecule is C=CCN=c1scc(-c2ccc(OC)cc2OC)n1NC=C(CC)CC. The molecule has 5 nitrogen and oxygen atoms in total. The summed E-state index contributed by atoms with van der Waals surface area (Å²) in [6.07, 6.45) is 5.86. The molecule has 1 N–H and O–H groups in total. The summed E-state index contributed by atoms with van der Waals surface area (Å²) in [6.45, 7) is 8.64. The zero-order valence-corrected chi connectivity index (χ0v) is 16.7. The fourth-order valence-corrected chi connectivity index (χ4v) is 3.35. The number of rotatable bonds is 9. The summed E-state index contributed by atoms with van der Waals surface area (Å²) in [6, 6.07) is 5.82. The molecule has 140 valence electrons.